The maximum atomic E-state index is 12.3. The molecule has 1 N–H and O–H groups in total. The number of imide groups is 1. The van der Waals surface area contributed by atoms with E-state index >= 15 is 0 Å². The minimum absolute atomic E-state index is 0.0458. The predicted octanol–water partition coefficient (Wildman–Crippen LogP) is 0.369. The van der Waals surface area contributed by atoms with Crippen molar-refractivity contribution in [3.63, 3.8) is 0 Å². The smallest absolute Gasteiger partial charge is 0.326 e. The molecule has 3 rings (SSSR count). The van der Waals surface area contributed by atoms with Crippen LogP contribution in [0.15, 0.2) is 0 Å². The molecule has 0 aromatic rings. The van der Waals surface area contributed by atoms with Crippen molar-refractivity contribution in [2.45, 2.75) is 34.8 Å². The van der Waals surface area contributed by atoms with E-state index in [1.807, 2.05) is 0 Å². The van der Waals surface area contributed by atoms with Gasteiger partial charge in [0.05, 0.1) is 33.7 Å². The van der Waals surface area contributed by atoms with Crippen LogP contribution in [-0.2, 0) is 19.1 Å². The second kappa shape index (κ2) is 4.26. The van der Waals surface area contributed by atoms with Crippen molar-refractivity contribution in [1.82, 2.24) is 4.90 Å². The Balaban J connectivity index is 1.95. The molecule has 3 fully saturated rings. The number of alkyl halides is 2. The van der Waals surface area contributed by atoms with Gasteiger partial charge in [-0.25, -0.2) is 4.79 Å². The topological polar surface area (TPSA) is 83.9 Å². The fourth-order valence-corrected chi connectivity index (χ4v) is 4.69. The van der Waals surface area contributed by atoms with Crippen molar-refractivity contribution in [2.24, 2.45) is 11.8 Å². The monoisotopic (exact) mass is 395 g/mol. The van der Waals surface area contributed by atoms with Gasteiger partial charge in [0.25, 0.3) is 0 Å². The molecule has 3 heterocycles. The molecule has 3 aliphatic heterocycles. The summed E-state index contributed by atoms with van der Waals surface area (Å²) in [6, 6.07) is -1.13. The Bertz CT molecular complexity index is 452. The van der Waals surface area contributed by atoms with Crippen molar-refractivity contribution < 1.29 is 24.2 Å². The zero-order chi connectivity index (χ0) is 14.1. The Morgan fingerprint density at radius 2 is 1.63 bits per heavy atom. The highest BCUT2D eigenvalue weighted by molar-refractivity contribution is 9.12. The summed E-state index contributed by atoms with van der Waals surface area (Å²) < 4.78 is 5.68. The first kappa shape index (κ1) is 13.5. The molecule has 2 bridgehead atoms. The molecule has 0 unspecified atom stereocenters. The normalized spacial score (nSPS) is 45.7. The summed E-state index contributed by atoms with van der Waals surface area (Å²) in [5.41, 5.74) is 0. The van der Waals surface area contributed by atoms with Gasteiger partial charge >= 0.3 is 5.97 Å². The van der Waals surface area contributed by atoms with Gasteiger partial charge in [-0.3, -0.25) is 14.5 Å². The number of carboxylic acids is 1. The van der Waals surface area contributed by atoms with Gasteiger partial charge in [0.15, 0.2) is 0 Å². The summed E-state index contributed by atoms with van der Waals surface area (Å²) in [5.74, 6) is -3.15. The van der Waals surface area contributed by atoms with Gasteiger partial charge in [0.1, 0.15) is 6.04 Å². The fraction of sp³-hybridized carbons (Fsp3) is 0.727. The van der Waals surface area contributed by atoms with Crippen molar-refractivity contribution in [2.75, 3.05) is 0 Å². The summed E-state index contributed by atoms with van der Waals surface area (Å²) >= 11 is 6.92. The Kier molecular flexibility index (Phi) is 3.03. The van der Waals surface area contributed by atoms with Gasteiger partial charge in [-0.1, -0.05) is 31.9 Å². The molecule has 8 heteroatoms. The molecule has 0 saturated carbocycles. The number of carbonyl (C=O) groups excluding carboxylic acids is 2. The largest absolute Gasteiger partial charge is 0.480 e. The number of nitrogens with zero attached hydrogens (tertiary/aromatic N) is 1. The zero-order valence-electron chi connectivity index (χ0n) is 9.82. The third kappa shape index (κ3) is 1.59. The molecule has 104 valence electrons. The lowest BCUT2D eigenvalue weighted by atomic mass is 9.81. The van der Waals surface area contributed by atoms with Crippen LogP contribution in [0.3, 0.4) is 0 Å². The molecular weight excluding hydrogens is 386 g/mol. The Morgan fingerprint density at radius 1 is 1.21 bits per heavy atom. The molecule has 0 aromatic carbocycles. The molecular formula is C11H11Br2NO5. The lowest BCUT2D eigenvalue weighted by Crippen LogP contribution is -2.45. The molecule has 2 amide bonds. The Labute approximate surface area is 125 Å². The van der Waals surface area contributed by atoms with Crippen LogP contribution in [0, 0.1) is 11.8 Å². The summed E-state index contributed by atoms with van der Waals surface area (Å²) in [4.78, 5) is 36.4. The summed E-state index contributed by atoms with van der Waals surface area (Å²) in [7, 11) is 0. The van der Waals surface area contributed by atoms with Crippen LogP contribution in [-0.4, -0.2) is 55.7 Å². The Morgan fingerprint density at radius 3 is 2.00 bits per heavy atom. The van der Waals surface area contributed by atoms with Crippen LogP contribution < -0.4 is 0 Å². The van der Waals surface area contributed by atoms with E-state index < -0.39 is 35.7 Å². The maximum absolute atomic E-state index is 12.3. The summed E-state index contributed by atoms with van der Waals surface area (Å²) in [6.45, 7) is 1.35. The predicted molar refractivity (Wildman–Crippen MR) is 70.0 cm³/mol. The van der Waals surface area contributed by atoms with Crippen molar-refractivity contribution in [3.8, 4) is 0 Å². The molecule has 0 radical (unpaired) electrons. The number of aliphatic carboxylic acids is 1. The SMILES string of the molecule is C[C@@H](C(=O)O)N1C(=O)[C@@H]2[C@H]3O[C@@H]([C@H](Br)[C@@H]3Br)[C@@H]2C1=O. The van der Waals surface area contributed by atoms with Crippen molar-refractivity contribution >= 4 is 49.6 Å². The average molecular weight is 397 g/mol. The van der Waals surface area contributed by atoms with Gasteiger partial charge in [0.2, 0.25) is 11.8 Å². The lowest BCUT2D eigenvalue weighted by Gasteiger charge is -2.24. The number of halogens is 2. The third-order valence-electron chi connectivity index (χ3n) is 4.13. The van der Waals surface area contributed by atoms with E-state index in [1.165, 1.54) is 6.92 Å². The summed E-state index contributed by atoms with van der Waals surface area (Å²) in [6.07, 6.45) is -0.747. The number of carboxylic acid groups (broad SMARTS) is 1. The highest BCUT2D eigenvalue weighted by Gasteiger charge is 2.68. The number of hydrogen-bond acceptors (Lipinski definition) is 4. The van der Waals surface area contributed by atoms with E-state index in [2.05, 4.69) is 31.9 Å². The number of carbonyl (C=O) groups is 3. The van der Waals surface area contributed by atoms with E-state index in [0.29, 0.717) is 0 Å². The highest BCUT2D eigenvalue weighted by atomic mass is 79.9. The number of ether oxygens (including phenoxy) is 1. The first-order valence-corrected chi connectivity index (χ1v) is 7.72. The lowest BCUT2D eigenvalue weighted by molar-refractivity contribution is -0.155. The van der Waals surface area contributed by atoms with Gasteiger partial charge < -0.3 is 9.84 Å². The molecule has 6 nitrogen and oxygen atoms in total. The quantitative estimate of drug-likeness (QED) is 0.538. The van der Waals surface area contributed by atoms with E-state index in [-0.39, 0.29) is 21.9 Å². The van der Waals surface area contributed by atoms with Crippen LogP contribution in [0.5, 0.6) is 0 Å². The standard InChI is InChI=1S/C11H11Br2NO5/c1-2(11(17)18)14-9(15)3-4(10(14)16)8-6(13)5(12)7(3)19-8/h2-8H,1H3,(H,17,18)/t2-,3-,4+,5-,6+,7+,8+/m0/s1. The van der Waals surface area contributed by atoms with E-state index in [0.717, 1.165) is 4.90 Å². The zero-order valence-corrected chi connectivity index (χ0v) is 13.0. The van der Waals surface area contributed by atoms with Crippen LogP contribution >= 0.6 is 31.9 Å². The summed E-state index contributed by atoms with van der Waals surface area (Å²) in [5, 5.41) is 9.00. The minimum atomic E-state index is -1.18. The van der Waals surface area contributed by atoms with Gasteiger partial charge in [-0.15, -0.1) is 0 Å². The Hall–Kier alpha value is -0.470. The third-order valence-corrected chi connectivity index (χ3v) is 7.02. The van der Waals surface area contributed by atoms with Crippen LogP contribution in [0.1, 0.15) is 6.92 Å². The number of likely N-dealkylation sites (tertiary alicyclic amines) is 1. The molecule has 0 spiro atoms. The van der Waals surface area contributed by atoms with Crippen LogP contribution in [0.25, 0.3) is 0 Å². The van der Waals surface area contributed by atoms with Gasteiger partial charge in [-0.05, 0) is 6.92 Å². The van der Waals surface area contributed by atoms with E-state index in [1.54, 1.807) is 0 Å². The van der Waals surface area contributed by atoms with Crippen LogP contribution in [0.4, 0.5) is 0 Å². The molecule has 7 atom stereocenters. The average Bonchev–Trinajstić information content (AvgIpc) is 2.94. The number of rotatable bonds is 2. The minimum Gasteiger partial charge on any atom is -0.480 e. The van der Waals surface area contributed by atoms with E-state index in [9.17, 15) is 14.4 Å². The molecule has 3 saturated heterocycles. The highest BCUT2D eigenvalue weighted by Crippen LogP contribution is 2.53. The molecule has 3 aliphatic rings. The number of fused-ring (bicyclic) bond motifs is 5. The second-order valence-electron chi connectivity index (χ2n) is 5.07. The van der Waals surface area contributed by atoms with Crippen molar-refractivity contribution in [3.05, 3.63) is 0 Å². The first-order valence-electron chi connectivity index (χ1n) is 5.89. The van der Waals surface area contributed by atoms with Gasteiger partial charge in [-0.2, -0.15) is 0 Å². The number of hydrogen-bond donors (Lipinski definition) is 1. The van der Waals surface area contributed by atoms with Crippen molar-refractivity contribution in [1.29, 1.82) is 0 Å². The fourth-order valence-electron chi connectivity index (χ4n) is 3.18. The number of amides is 2. The molecule has 0 aliphatic carbocycles. The molecule has 0 aromatic heterocycles. The van der Waals surface area contributed by atoms with E-state index in [4.69, 9.17) is 9.84 Å². The second-order valence-corrected chi connectivity index (χ2v) is 7.18. The van der Waals surface area contributed by atoms with Gasteiger partial charge in [0, 0.05) is 0 Å². The molecule has 19 heavy (non-hydrogen) atoms. The maximum Gasteiger partial charge on any atom is 0.326 e. The van der Waals surface area contributed by atoms with Crippen LogP contribution in [0.2, 0.25) is 0 Å². The first-order chi connectivity index (χ1) is 8.86.